The van der Waals surface area contributed by atoms with Gasteiger partial charge in [0.25, 0.3) is 0 Å². The van der Waals surface area contributed by atoms with Crippen molar-refractivity contribution in [1.82, 2.24) is 19.8 Å². The van der Waals surface area contributed by atoms with Crippen LogP contribution >= 0.6 is 0 Å². The van der Waals surface area contributed by atoms with Gasteiger partial charge in [0, 0.05) is 50.6 Å². The zero-order valence-corrected chi connectivity index (χ0v) is 17.3. The summed E-state index contributed by atoms with van der Waals surface area (Å²) in [6.45, 7) is 6.84. The molecule has 2 aromatic rings. The summed E-state index contributed by atoms with van der Waals surface area (Å²) in [5.41, 5.74) is 1.01. The molecule has 154 valence electrons. The van der Waals surface area contributed by atoms with Crippen molar-refractivity contribution in [1.29, 1.82) is 0 Å². The van der Waals surface area contributed by atoms with Crippen molar-refractivity contribution in [2.24, 2.45) is 11.8 Å². The van der Waals surface area contributed by atoms with Crippen LogP contribution in [0.25, 0.3) is 6.08 Å². The number of likely N-dealkylation sites (tertiary alicyclic amines) is 1. The monoisotopic (exact) mass is 394 g/mol. The number of imidazole rings is 1. The van der Waals surface area contributed by atoms with E-state index in [1.54, 1.807) is 12.3 Å². The van der Waals surface area contributed by atoms with E-state index in [1.807, 2.05) is 54.4 Å². The largest absolute Gasteiger partial charge is 0.356 e. The van der Waals surface area contributed by atoms with E-state index in [2.05, 4.69) is 21.8 Å². The van der Waals surface area contributed by atoms with E-state index in [4.69, 9.17) is 0 Å². The number of carbonyl (C=O) groups excluding carboxylic acids is 2. The fourth-order valence-electron chi connectivity index (χ4n) is 3.62. The molecule has 1 aliphatic rings. The summed E-state index contributed by atoms with van der Waals surface area (Å²) < 4.78 is 2.10. The van der Waals surface area contributed by atoms with Gasteiger partial charge in [-0.3, -0.25) is 9.59 Å². The summed E-state index contributed by atoms with van der Waals surface area (Å²) in [6, 6.07) is 9.79. The topological polar surface area (TPSA) is 67.2 Å². The van der Waals surface area contributed by atoms with Crippen LogP contribution in [0.3, 0.4) is 0 Å². The van der Waals surface area contributed by atoms with Gasteiger partial charge >= 0.3 is 0 Å². The molecular formula is C23H30N4O2. The van der Waals surface area contributed by atoms with Gasteiger partial charge < -0.3 is 14.8 Å². The average Bonchev–Trinajstić information content (AvgIpc) is 3.15. The van der Waals surface area contributed by atoms with Gasteiger partial charge in [0.05, 0.1) is 0 Å². The number of rotatable bonds is 7. The van der Waals surface area contributed by atoms with Gasteiger partial charge in [-0.25, -0.2) is 4.98 Å². The number of nitrogens with zero attached hydrogens (tertiary/aromatic N) is 3. The number of aromatic nitrogens is 2. The van der Waals surface area contributed by atoms with Crippen molar-refractivity contribution in [3.05, 3.63) is 60.2 Å². The van der Waals surface area contributed by atoms with Crippen LogP contribution in [0.1, 0.15) is 31.2 Å². The minimum Gasteiger partial charge on any atom is -0.356 e. The minimum absolute atomic E-state index is 0.0111. The third-order valence-electron chi connectivity index (χ3n) is 5.45. The molecular weight excluding hydrogens is 364 g/mol. The normalized spacial score (nSPS) is 16.1. The van der Waals surface area contributed by atoms with Crippen LogP contribution in [0.2, 0.25) is 0 Å². The van der Waals surface area contributed by atoms with Gasteiger partial charge in [-0.2, -0.15) is 0 Å². The maximum Gasteiger partial charge on any atom is 0.246 e. The zero-order valence-electron chi connectivity index (χ0n) is 17.3. The van der Waals surface area contributed by atoms with E-state index >= 15 is 0 Å². The van der Waals surface area contributed by atoms with E-state index in [0.717, 1.165) is 17.9 Å². The third-order valence-corrected chi connectivity index (χ3v) is 5.45. The maximum atomic E-state index is 12.5. The van der Waals surface area contributed by atoms with E-state index in [-0.39, 0.29) is 17.7 Å². The lowest BCUT2D eigenvalue weighted by Gasteiger charge is -2.31. The van der Waals surface area contributed by atoms with Crippen molar-refractivity contribution >= 4 is 17.9 Å². The van der Waals surface area contributed by atoms with Gasteiger partial charge in [-0.1, -0.05) is 37.3 Å². The Kier molecular flexibility index (Phi) is 7.22. The second kappa shape index (κ2) is 10.0. The lowest BCUT2D eigenvalue weighted by Crippen LogP contribution is -2.43. The summed E-state index contributed by atoms with van der Waals surface area (Å²) in [7, 11) is 0. The highest BCUT2D eigenvalue weighted by Gasteiger charge is 2.26. The molecule has 0 spiro atoms. The van der Waals surface area contributed by atoms with E-state index in [0.29, 0.717) is 38.4 Å². The summed E-state index contributed by atoms with van der Waals surface area (Å²) in [5, 5.41) is 3.08. The van der Waals surface area contributed by atoms with Gasteiger partial charge in [-0.15, -0.1) is 0 Å². The number of carbonyl (C=O) groups is 2. The van der Waals surface area contributed by atoms with Crippen molar-refractivity contribution < 1.29 is 9.59 Å². The standard InChI is InChI=1S/C23H30N4O2/c1-18(17-27-15-12-24-19(27)2)16-25-23(29)21-10-13-26(14-11-21)22(28)9-8-20-6-4-3-5-7-20/h3-9,12,15,18,21H,10-11,13-14,16-17H2,1-2H3,(H,25,29)/b9-8+/t18-/m0/s1. The number of hydrogen-bond donors (Lipinski definition) is 1. The Hall–Kier alpha value is -2.89. The predicted molar refractivity (Wildman–Crippen MR) is 114 cm³/mol. The molecule has 29 heavy (non-hydrogen) atoms. The molecule has 2 heterocycles. The highest BCUT2D eigenvalue weighted by molar-refractivity contribution is 5.92. The van der Waals surface area contributed by atoms with Gasteiger partial charge in [0.15, 0.2) is 0 Å². The van der Waals surface area contributed by atoms with Crippen LogP contribution in [0.15, 0.2) is 48.8 Å². The number of nitrogens with one attached hydrogen (secondary N) is 1. The molecule has 1 atom stereocenters. The highest BCUT2D eigenvalue weighted by Crippen LogP contribution is 2.18. The predicted octanol–water partition coefficient (Wildman–Crippen LogP) is 2.90. The first-order valence-corrected chi connectivity index (χ1v) is 10.3. The quantitative estimate of drug-likeness (QED) is 0.735. The van der Waals surface area contributed by atoms with Crippen molar-refractivity contribution in [3.8, 4) is 0 Å². The van der Waals surface area contributed by atoms with Gasteiger partial charge in [-0.05, 0) is 37.3 Å². The molecule has 1 N–H and O–H groups in total. The molecule has 6 nitrogen and oxygen atoms in total. The van der Waals surface area contributed by atoms with Crippen LogP contribution in [0.5, 0.6) is 0 Å². The molecule has 0 saturated carbocycles. The Morgan fingerprint density at radius 2 is 1.97 bits per heavy atom. The van der Waals surface area contributed by atoms with E-state index in [1.165, 1.54) is 0 Å². The molecule has 0 bridgehead atoms. The molecule has 0 unspecified atom stereocenters. The van der Waals surface area contributed by atoms with Gasteiger partial charge in [0.2, 0.25) is 11.8 Å². The maximum absolute atomic E-state index is 12.5. The van der Waals surface area contributed by atoms with Crippen molar-refractivity contribution in [2.45, 2.75) is 33.2 Å². The molecule has 3 rings (SSSR count). The van der Waals surface area contributed by atoms with Crippen LogP contribution in [-0.4, -0.2) is 45.9 Å². The number of piperidine rings is 1. The zero-order chi connectivity index (χ0) is 20.6. The Bertz CT molecular complexity index is 836. The highest BCUT2D eigenvalue weighted by atomic mass is 16.2. The Morgan fingerprint density at radius 3 is 2.62 bits per heavy atom. The Balaban J connectivity index is 1.39. The lowest BCUT2D eigenvalue weighted by molar-refractivity contribution is -0.132. The van der Waals surface area contributed by atoms with Crippen molar-refractivity contribution in [3.63, 3.8) is 0 Å². The molecule has 1 aromatic heterocycles. The number of amides is 2. The van der Waals surface area contributed by atoms with Gasteiger partial charge in [0.1, 0.15) is 5.82 Å². The first kappa shape index (κ1) is 20.8. The fraction of sp³-hybridized carbons (Fsp3) is 0.435. The summed E-state index contributed by atoms with van der Waals surface area (Å²) in [5.74, 6) is 1.42. The van der Waals surface area contributed by atoms with Crippen LogP contribution in [0.4, 0.5) is 0 Å². The molecule has 2 amide bonds. The number of hydrogen-bond acceptors (Lipinski definition) is 3. The summed E-state index contributed by atoms with van der Waals surface area (Å²) in [4.78, 5) is 30.9. The minimum atomic E-state index is -0.0145. The van der Waals surface area contributed by atoms with Crippen LogP contribution in [0, 0.1) is 18.8 Å². The molecule has 1 saturated heterocycles. The van der Waals surface area contributed by atoms with Crippen LogP contribution < -0.4 is 5.32 Å². The SMILES string of the molecule is Cc1nccn1C[C@@H](C)CNC(=O)C1CCN(C(=O)/C=C/c2ccccc2)CC1. The molecule has 1 aliphatic heterocycles. The first-order valence-electron chi connectivity index (χ1n) is 10.3. The molecule has 0 aliphatic carbocycles. The fourth-order valence-corrected chi connectivity index (χ4v) is 3.62. The molecule has 1 fully saturated rings. The first-order chi connectivity index (χ1) is 14.0. The Morgan fingerprint density at radius 1 is 1.24 bits per heavy atom. The molecule has 1 aromatic carbocycles. The summed E-state index contributed by atoms with van der Waals surface area (Å²) in [6.07, 6.45) is 8.65. The average molecular weight is 395 g/mol. The second-order valence-electron chi connectivity index (χ2n) is 7.82. The van der Waals surface area contributed by atoms with Crippen molar-refractivity contribution in [2.75, 3.05) is 19.6 Å². The van der Waals surface area contributed by atoms with Crippen LogP contribution in [-0.2, 0) is 16.1 Å². The molecule has 6 heteroatoms. The van der Waals surface area contributed by atoms with E-state index < -0.39 is 0 Å². The molecule has 0 radical (unpaired) electrons. The number of benzene rings is 1. The van der Waals surface area contributed by atoms with E-state index in [9.17, 15) is 9.59 Å². The smallest absolute Gasteiger partial charge is 0.246 e. The summed E-state index contributed by atoms with van der Waals surface area (Å²) >= 11 is 0. The second-order valence-corrected chi connectivity index (χ2v) is 7.82. The Labute approximate surface area is 172 Å². The third kappa shape index (κ3) is 6.04. The number of aryl methyl sites for hydroxylation is 1. The lowest BCUT2D eigenvalue weighted by atomic mass is 9.95.